The average molecular weight is 499 g/mol. The average Bonchev–Trinajstić information content (AvgIpc) is 3.26. The molecule has 0 aromatic heterocycles. The molecule has 0 saturated carbocycles. The van der Waals surface area contributed by atoms with Crippen LogP contribution in [-0.2, 0) is 21.5 Å². The first-order valence-electron chi connectivity index (χ1n) is 12.3. The van der Waals surface area contributed by atoms with Gasteiger partial charge in [0, 0.05) is 23.4 Å². The summed E-state index contributed by atoms with van der Waals surface area (Å²) in [5, 5.41) is 10.4. The summed E-state index contributed by atoms with van der Waals surface area (Å²) in [5.74, 6) is -1.02. The van der Waals surface area contributed by atoms with E-state index in [0.29, 0.717) is 44.2 Å². The van der Waals surface area contributed by atoms with E-state index in [4.69, 9.17) is 17.3 Å². The molecular formula is C28H34ClFN3O2+. The molecule has 0 bridgehead atoms. The van der Waals surface area contributed by atoms with Crippen LogP contribution in [0, 0.1) is 23.1 Å². The maximum absolute atomic E-state index is 14.6. The zero-order chi connectivity index (χ0) is 25.6. The monoisotopic (exact) mass is 498 g/mol. The molecule has 1 aliphatic heterocycles. The van der Waals surface area contributed by atoms with Crippen molar-refractivity contribution in [2.24, 2.45) is 11.7 Å². The third-order valence-electron chi connectivity index (χ3n) is 7.61. The van der Waals surface area contributed by atoms with Gasteiger partial charge < -0.3 is 5.73 Å². The lowest BCUT2D eigenvalue weighted by molar-refractivity contribution is -0.871. The second-order valence-corrected chi connectivity index (χ2v) is 10.4. The summed E-state index contributed by atoms with van der Waals surface area (Å²) in [7, 11) is 0. The Hall–Kier alpha value is -2.75. The summed E-state index contributed by atoms with van der Waals surface area (Å²) in [6.07, 6.45) is 3.32. The highest BCUT2D eigenvalue weighted by Gasteiger charge is 2.50. The molecule has 186 valence electrons. The molecule has 5 nitrogen and oxygen atoms in total. The van der Waals surface area contributed by atoms with Crippen molar-refractivity contribution in [2.45, 2.75) is 70.4 Å². The molecule has 1 heterocycles. The summed E-state index contributed by atoms with van der Waals surface area (Å²) in [4.78, 5) is 25.9. The van der Waals surface area contributed by atoms with Gasteiger partial charge in [-0.2, -0.15) is 5.26 Å². The molecule has 7 heteroatoms. The van der Waals surface area contributed by atoms with E-state index in [1.54, 1.807) is 12.1 Å². The van der Waals surface area contributed by atoms with Crippen molar-refractivity contribution in [1.82, 2.24) is 0 Å². The van der Waals surface area contributed by atoms with E-state index in [9.17, 15) is 19.2 Å². The van der Waals surface area contributed by atoms with Crippen molar-refractivity contribution < 1.29 is 18.5 Å². The highest BCUT2D eigenvalue weighted by molar-refractivity contribution is 6.30. The Kier molecular flexibility index (Phi) is 8.69. The van der Waals surface area contributed by atoms with Gasteiger partial charge in [-0.1, -0.05) is 62.2 Å². The highest BCUT2D eigenvalue weighted by Crippen LogP contribution is 2.38. The SMILES string of the molecule is CC(C)[C@@](C#N)(CCCCC(=O)[N@@+]1(Cc2ccc(Cl)cc2F)CCCC1C(N)=O)c1ccccc1. The number of hydrogen-bond donors (Lipinski definition) is 1. The van der Waals surface area contributed by atoms with Crippen LogP contribution in [0.4, 0.5) is 4.39 Å². The van der Waals surface area contributed by atoms with Crippen molar-refractivity contribution in [3.05, 3.63) is 70.5 Å². The van der Waals surface area contributed by atoms with Gasteiger partial charge in [-0.05, 0) is 42.5 Å². The third kappa shape index (κ3) is 5.58. The number of benzene rings is 2. The van der Waals surface area contributed by atoms with E-state index in [-0.39, 0.29) is 34.3 Å². The fourth-order valence-corrected chi connectivity index (χ4v) is 5.70. The van der Waals surface area contributed by atoms with Gasteiger partial charge in [-0.25, -0.2) is 13.7 Å². The number of primary amides is 1. The van der Waals surface area contributed by atoms with Crippen LogP contribution in [0.15, 0.2) is 48.5 Å². The smallest absolute Gasteiger partial charge is 0.314 e. The van der Waals surface area contributed by atoms with Gasteiger partial charge in [-0.15, -0.1) is 0 Å². The molecule has 2 amide bonds. The molecule has 1 saturated heterocycles. The van der Waals surface area contributed by atoms with Crippen molar-refractivity contribution in [3.8, 4) is 6.07 Å². The van der Waals surface area contributed by atoms with E-state index in [2.05, 4.69) is 6.07 Å². The number of nitrogens with two attached hydrogens (primary N) is 1. The predicted octanol–water partition coefficient (Wildman–Crippen LogP) is 5.65. The molecule has 2 aromatic carbocycles. The number of hydrogen-bond acceptors (Lipinski definition) is 3. The van der Waals surface area contributed by atoms with Crippen LogP contribution < -0.4 is 5.73 Å². The molecule has 1 fully saturated rings. The maximum atomic E-state index is 14.6. The van der Waals surface area contributed by atoms with Gasteiger partial charge in [0.05, 0.1) is 24.4 Å². The molecule has 1 unspecified atom stereocenters. The fraction of sp³-hybridized carbons (Fsp3) is 0.464. The zero-order valence-electron chi connectivity index (χ0n) is 20.5. The maximum Gasteiger partial charge on any atom is 0.314 e. The van der Waals surface area contributed by atoms with Crippen molar-refractivity contribution in [1.29, 1.82) is 5.26 Å². The predicted molar refractivity (Wildman–Crippen MR) is 135 cm³/mol. The van der Waals surface area contributed by atoms with Crippen LogP contribution in [-0.4, -0.2) is 28.9 Å². The van der Waals surface area contributed by atoms with Gasteiger partial charge in [0.15, 0.2) is 6.04 Å². The lowest BCUT2D eigenvalue weighted by Gasteiger charge is -2.36. The number of carbonyl (C=O) groups is 2. The van der Waals surface area contributed by atoms with E-state index < -0.39 is 23.2 Å². The molecule has 0 radical (unpaired) electrons. The van der Waals surface area contributed by atoms with E-state index in [1.165, 1.54) is 6.07 Å². The minimum atomic E-state index is -0.671. The summed E-state index contributed by atoms with van der Waals surface area (Å²) in [6.45, 7) is 4.62. The van der Waals surface area contributed by atoms with Crippen LogP contribution in [0.3, 0.4) is 0 Å². The van der Waals surface area contributed by atoms with Crippen LogP contribution >= 0.6 is 11.6 Å². The molecule has 1 aliphatic rings. The number of nitrogens with zero attached hydrogens (tertiary/aromatic N) is 2. The van der Waals surface area contributed by atoms with Gasteiger partial charge in [0.2, 0.25) is 0 Å². The van der Waals surface area contributed by atoms with E-state index in [1.807, 2.05) is 44.2 Å². The first-order valence-corrected chi connectivity index (χ1v) is 12.6. The largest absolute Gasteiger partial charge is 0.364 e. The number of unbranched alkanes of at least 4 members (excludes halogenated alkanes) is 1. The Morgan fingerprint density at radius 1 is 1.23 bits per heavy atom. The molecule has 2 aromatic rings. The molecule has 0 aliphatic carbocycles. The molecule has 3 rings (SSSR count). The summed E-state index contributed by atoms with van der Waals surface area (Å²) in [5.41, 5.74) is 6.40. The molecule has 0 spiro atoms. The quantitative estimate of drug-likeness (QED) is 0.339. The number of rotatable bonds is 10. The first-order chi connectivity index (χ1) is 16.7. The lowest BCUT2D eigenvalue weighted by Crippen LogP contribution is -2.59. The minimum absolute atomic E-state index is 0.0770. The van der Waals surface area contributed by atoms with Crippen LogP contribution in [0.1, 0.15) is 63.5 Å². The van der Waals surface area contributed by atoms with Gasteiger partial charge in [0.1, 0.15) is 12.4 Å². The van der Waals surface area contributed by atoms with Gasteiger partial charge >= 0.3 is 5.91 Å². The Morgan fingerprint density at radius 2 is 1.94 bits per heavy atom. The fourth-order valence-electron chi connectivity index (χ4n) is 5.54. The van der Waals surface area contributed by atoms with Crippen LogP contribution in [0.5, 0.6) is 0 Å². The van der Waals surface area contributed by atoms with Crippen LogP contribution in [0.2, 0.25) is 5.02 Å². The number of halogens is 2. The first kappa shape index (κ1) is 26.8. The normalized spacial score (nSPS) is 21.4. The minimum Gasteiger partial charge on any atom is -0.364 e. The number of quaternary nitrogens is 1. The Labute approximate surface area is 212 Å². The summed E-state index contributed by atoms with van der Waals surface area (Å²) in [6, 6.07) is 16.0. The second kappa shape index (κ2) is 11.3. The van der Waals surface area contributed by atoms with Crippen LogP contribution in [0.25, 0.3) is 0 Å². The third-order valence-corrected chi connectivity index (χ3v) is 7.84. The molecule has 3 atom stereocenters. The van der Waals surface area contributed by atoms with Gasteiger partial charge in [-0.3, -0.25) is 4.79 Å². The van der Waals surface area contributed by atoms with Gasteiger partial charge in [0.25, 0.3) is 5.91 Å². The Morgan fingerprint density at radius 3 is 2.54 bits per heavy atom. The van der Waals surface area contributed by atoms with Crippen molar-refractivity contribution in [2.75, 3.05) is 6.54 Å². The molecular weight excluding hydrogens is 465 g/mol. The Bertz CT molecular complexity index is 1100. The Balaban J connectivity index is 1.76. The topological polar surface area (TPSA) is 83.9 Å². The summed E-state index contributed by atoms with van der Waals surface area (Å²) < 4.78 is 14.5. The summed E-state index contributed by atoms with van der Waals surface area (Å²) >= 11 is 5.90. The zero-order valence-corrected chi connectivity index (χ0v) is 21.2. The number of likely N-dealkylation sites (tertiary alicyclic amines) is 1. The number of nitriles is 1. The molecule has 35 heavy (non-hydrogen) atoms. The van der Waals surface area contributed by atoms with E-state index >= 15 is 0 Å². The lowest BCUT2D eigenvalue weighted by atomic mass is 9.69. The highest BCUT2D eigenvalue weighted by atomic mass is 35.5. The number of carbonyl (C=O) groups excluding carboxylic acids is 2. The van der Waals surface area contributed by atoms with E-state index in [0.717, 1.165) is 5.56 Å². The standard InChI is InChI=1S/C28H33ClFN3O2/c1-20(2)28(19-31,22-9-4-3-5-10-22)15-7-6-12-26(34)33(16-8-11-25(33)27(32)35)18-21-13-14-23(29)17-24(21)30/h3-5,9-10,13-14,17,20,25H,6-8,11-12,15-16,18H2,1-2H3,(H-,32,35)/p+1/t25?,28-,33+/m0/s1. The van der Waals surface area contributed by atoms with Crippen molar-refractivity contribution in [3.63, 3.8) is 0 Å². The second-order valence-electron chi connectivity index (χ2n) is 9.92. The van der Waals surface area contributed by atoms with Crippen molar-refractivity contribution >= 4 is 23.4 Å². The molecule has 2 N–H and O–H groups in total. The number of amides is 2.